The standard InChI is InChI=1S/C23H23ClFN3O2/c1-23-10-6-17(25)14-20(23)26-11-7-19(23)15-8-12-28(13-9-15)22(30)21(29)27-18-4-2-16(24)3-5-18/h2-7,10-11,14-15,20H,8-9,12-13H2,1H3,(H,27,29). The van der Waals surface area contributed by atoms with Crippen LogP contribution in [0, 0.1) is 11.3 Å². The highest BCUT2D eigenvalue weighted by atomic mass is 35.5. The zero-order valence-electron chi connectivity index (χ0n) is 16.6. The van der Waals surface area contributed by atoms with Crippen LogP contribution >= 0.6 is 11.6 Å². The van der Waals surface area contributed by atoms with Gasteiger partial charge in [0.25, 0.3) is 0 Å². The number of nitrogens with zero attached hydrogens (tertiary/aromatic N) is 2. The Morgan fingerprint density at radius 1 is 1.23 bits per heavy atom. The van der Waals surface area contributed by atoms with Gasteiger partial charge in [-0.05, 0) is 68.2 Å². The van der Waals surface area contributed by atoms with Gasteiger partial charge in [-0.25, -0.2) is 4.39 Å². The number of carbonyl (C=O) groups excluding carboxylic acids is 2. The second kappa shape index (κ2) is 8.19. The van der Waals surface area contributed by atoms with E-state index in [2.05, 4.69) is 17.2 Å². The van der Waals surface area contributed by atoms with Gasteiger partial charge in [-0.1, -0.05) is 23.3 Å². The third-order valence-electron chi connectivity index (χ3n) is 6.16. The molecule has 2 heterocycles. The predicted molar refractivity (Wildman–Crippen MR) is 116 cm³/mol. The van der Waals surface area contributed by atoms with Crippen LogP contribution < -0.4 is 5.32 Å². The zero-order chi connectivity index (χ0) is 21.3. The van der Waals surface area contributed by atoms with Gasteiger partial charge in [-0.3, -0.25) is 14.6 Å². The number of benzene rings is 1. The number of piperidine rings is 1. The molecule has 2 atom stereocenters. The number of hydrogen-bond donors (Lipinski definition) is 1. The molecule has 156 valence electrons. The lowest BCUT2D eigenvalue weighted by Crippen LogP contribution is -2.46. The number of rotatable bonds is 2. The largest absolute Gasteiger partial charge is 0.334 e. The molecule has 30 heavy (non-hydrogen) atoms. The SMILES string of the molecule is CC12C=CC(F)=CC1N=CC=C2C1CCN(C(=O)C(=O)Nc2ccc(Cl)cc2)CC1. The maximum absolute atomic E-state index is 13.7. The number of dihydropyridines is 1. The molecular formula is C23H23ClFN3O2. The van der Waals surface area contributed by atoms with E-state index in [-0.39, 0.29) is 23.2 Å². The smallest absolute Gasteiger partial charge is 0.313 e. The fourth-order valence-electron chi connectivity index (χ4n) is 4.42. The molecule has 1 saturated heterocycles. The predicted octanol–water partition coefficient (Wildman–Crippen LogP) is 4.33. The second-order valence-corrected chi connectivity index (χ2v) is 8.50. The topological polar surface area (TPSA) is 61.8 Å². The summed E-state index contributed by atoms with van der Waals surface area (Å²) in [7, 11) is 0. The van der Waals surface area contributed by atoms with Crippen molar-refractivity contribution >= 4 is 35.3 Å². The summed E-state index contributed by atoms with van der Waals surface area (Å²) in [6.45, 7) is 3.08. The molecule has 7 heteroatoms. The van der Waals surface area contributed by atoms with Gasteiger partial charge < -0.3 is 10.2 Å². The van der Waals surface area contributed by atoms with Crippen molar-refractivity contribution in [3.63, 3.8) is 0 Å². The van der Waals surface area contributed by atoms with Crippen molar-refractivity contribution < 1.29 is 14.0 Å². The molecule has 0 saturated carbocycles. The summed E-state index contributed by atoms with van der Waals surface area (Å²) in [5, 5.41) is 3.18. The molecule has 3 aliphatic rings. The van der Waals surface area contributed by atoms with Gasteiger partial charge in [0.2, 0.25) is 0 Å². The minimum Gasteiger partial charge on any atom is -0.334 e. The maximum Gasteiger partial charge on any atom is 0.313 e. The lowest BCUT2D eigenvalue weighted by Gasteiger charge is -2.43. The minimum absolute atomic E-state index is 0.243. The van der Waals surface area contributed by atoms with E-state index in [1.165, 1.54) is 11.6 Å². The Hall–Kier alpha value is -2.73. The highest BCUT2D eigenvalue weighted by Gasteiger charge is 2.42. The number of fused-ring (bicyclic) bond motifs is 1. The molecule has 2 aliphatic heterocycles. The van der Waals surface area contributed by atoms with Gasteiger partial charge in [0.1, 0.15) is 5.83 Å². The van der Waals surface area contributed by atoms with Crippen molar-refractivity contribution in [1.82, 2.24) is 4.90 Å². The van der Waals surface area contributed by atoms with E-state index in [4.69, 9.17) is 11.6 Å². The number of hydrogen-bond acceptors (Lipinski definition) is 3. The summed E-state index contributed by atoms with van der Waals surface area (Å²) >= 11 is 5.84. The lowest BCUT2D eigenvalue weighted by atomic mass is 9.66. The zero-order valence-corrected chi connectivity index (χ0v) is 17.4. The van der Waals surface area contributed by atoms with Crippen LogP contribution in [0.15, 0.2) is 65.0 Å². The first kappa shape index (κ1) is 20.5. The van der Waals surface area contributed by atoms with Crippen molar-refractivity contribution in [3.8, 4) is 0 Å². The molecule has 0 aromatic heterocycles. The Morgan fingerprint density at radius 2 is 1.93 bits per heavy atom. The number of likely N-dealkylation sites (tertiary alicyclic amines) is 1. The average molecular weight is 428 g/mol. The van der Waals surface area contributed by atoms with Gasteiger partial charge in [-0.15, -0.1) is 0 Å². The van der Waals surface area contributed by atoms with Gasteiger partial charge in [0.15, 0.2) is 0 Å². The fraction of sp³-hybridized carbons (Fsp3) is 0.348. The normalized spacial score (nSPS) is 26.0. The van der Waals surface area contributed by atoms with E-state index >= 15 is 0 Å². The first-order valence-corrected chi connectivity index (χ1v) is 10.4. The highest BCUT2D eigenvalue weighted by molar-refractivity contribution is 6.39. The van der Waals surface area contributed by atoms with Gasteiger partial charge in [0.05, 0.1) is 6.04 Å². The molecule has 1 fully saturated rings. The third-order valence-corrected chi connectivity index (χ3v) is 6.41. The fourth-order valence-corrected chi connectivity index (χ4v) is 4.55. The Balaban J connectivity index is 1.38. The molecule has 1 aromatic rings. The molecule has 2 amide bonds. The number of amides is 2. The summed E-state index contributed by atoms with van der Waals surface area (Å²) in [5.41, 5.74) is 1.38. The summed E-state index contributed by atoms with van der Waals surface area (Å²) in [6, 6.07) is 6.38. The van der Waals surface area contributed by atoms with Crippen LogP contribution in [-0.2, 0) is 9.59 Å². The van der Waals surface area contributed by atoms with Crippen molar-refractivity contribution in [3.05, 3.63) is 65.0 Å². The van der Waals surface area contributed by atoms with Gasteiger partial charge in [-0.2, -0.15) is 0 Å². The Bertz CT molecular complexity index is 975. The van der Waals surface area contributed by atoms with Crippen LogP contribution in [0.3, 0.4) is 0 Å². The summed E-state index contributed by atoms with van der Waals surface area (Å²) in [6.07, 6.45) is 10.2. The van der Waals surface area contributed by atoms with Gasteiger partial charge >= 0.3 is 11.8 Å². The number of aliphatic imine (C=N–C) groups is 1. The van der Waals surface area contributed by atoms with Gasteiger partial charge in [0, 0.05) is 35.4 Å². The molecular weight excluding hydrogens is 405 g/mol. The summed E-state index contributed by atoms with van der Waals surface area (Å²) in [4.78, 5) is 30.9. The van der Waals surface area contributed by atoms with E-state index in [1.807, 2.05) is 12.2 Å². The lowest BCUT2D eigenvalue weighted by molar-refractivity contribution is -0.144. The van der Waals surface area contributed by atoms with Crippen molar-refractivity contribution in [1.29, 1.82) is 0 Å². The molecule has 1 aliphatic carbocycles. The van der Waals surface area contributed by atoms with Crippen molar-refractivity contribution in [2.45, 2.75) is 25.8 Å². The maximum atomic E-state index is 13.7. The number of anilines is 1. The second-order valence-electron chi connectivity index (χ2n) is 8.06. The number of nitrogens with one attached hydrogen (secondary N) is 1. The first-order valence-electron chi connectivity index (χ1n) is 10.0. The summed E-state index contributed by atoms with van der Waals surface area (Å²) in [5.74, 6) is -1.19. The van der Waals surface area contributed by atoms with Crippen LogP contribution in [0.2, 0.25) is 5.02 Å². The quantitative estimate of drug-likeness (QED) is 0.714. The molecule has 4 rings (SSSR count). The average Bonchev–Trinajstić information content (AvgIpc) is 2.75. The number of halogens is 2. The van der Waals surface area contributed by atoms with Crippen LogP contribution in [-0.4, -0.2) is 42.1 Å². The molecule has 2 unspecified atom stereocenters. The Morgan fingerprint density at radius 3 is 2.63 bits per heavy atom. The van der Waals surface area contributed by atoms with Crippen molar-refractivity contribution in [2.24, 2.45) is 16.3 Å². The van der Waals surface area contributed by atoms with E-state index in [1.54, 1.807) is 41.5 Å². The monoisotopic (exact) mass is 427 g/mol. The Labute approximate surface area is 180 Å². The number of carbonyl (C=O) groups is 2. The van der Waals surface area contributed by atoms with E-state index in [9.17, 15) is 14.0 Å². The molecule has 0 radical (unpaired) electrons. The molecule has 5 nitrogen and oxygen atoms in total. The van der Waals surface area contributed by atoms with Crippen LogP contribution in [0.1, 0.15) is 19.8 Å². The molecule has 0 bridgehead atoms. The first-order chi connectivity index (χ1) is 14.4. The van der Waals surface area contributed by atoms with E-state index in [0.717, 1.165) is 12.8 Å². The van der Waals surface area contributed by atoms with Crippen molar-refractivity contribution in [2.75, 3.05) is 18.4 Å². The highest BCUT2D eigenvalue weighted by Crippen LogP contribution is 2.46. The Kier molecular flexibility index (Phi) is 5.60. The molecule has 1 N–H and O–H groups in total. The van der Waals surface area contributed by atoms with E-state index in [0.29, 0.717) is 23.8 Å². The van der Waals surface area contributed by atoms with E-state index < -0.39 is 11.8 Å². The summed E-state index contributed by atoms with van der Waals surface area (Å²) < 4.78 is 13.7. The third kappa shape index (κ3) is 3.97. The van der Waals surface area contributed by atoms with Crippen LogP contribution in [0.4, 0.5) is 10.1 Å². The minimum atomic E-state index is -0.650. The van der Waals surface area contributed by atoms with Crippen LogP contribution in [0.25, 0.3) is 0 Å². The van der Waals surface area contributed by atoms with Crippen LogP contribution in [0.5, 0.6) is 0 Å². The molecule has 0 spiro atoms. The number of allylic oxidation sites excluding steroid dienone is 3. The molecule has 1 aromatic carbocycles.